The van der Waals surface area contributed by atoms with Gasteiger partial charge in [-0.05, 0) is 111 Å². The smallest absolute Gasteiger partial charge is 0.340 e. The van der Waals surface area contributed by atoms with Gasteiger partial charge in [-0.15, -0.1) is 0 Å². The van der Waals surface area contributed by atoms with Gasteiger partial charge in [0, 0.05) is 29.9 Å². The molecular formula is C38H53N2O4+. The molecule has 6 atom stereocenters. The highest BCUT2D eigenvalue weighted by Gasteiger charge is 2.70. The molecule has 6 unspecified atom stereocenters. The van der Waals surface area contributed by atoms with E-state index in [1.165, 1.54) is 50.5 Å². The van der Waals surface area contributed by atoms with Gasteiger partial charge in [0.25, 0.3) is 0 Å². The van der Waals surface area contributed by atoms with Crippen LogP contribution in [0.4, 0.5) is 0 Å². The molecule has 1 spiro atoms. The van der Waals surface area contributed by atoms with Gasteiger partial charge in [0.2, 0.25) is 0 Å². The molecule has 0 aromatic rings. The Balaban J connectivity index is 1.32. The number of carbonyl (C=O) groups is 2. The number of ether oxygens (including phenoxy) is 2. The van der Waals surface area contributed by atoms with Crippen LogP contribution in [0.15, 0.2) is 46.0 Å². The zero-order valence-corrected chi connectivity index (χ0v) is 27.1. The van der Waals surface area contributed by atoms with Crippen LogP contribution >= 0.6 is 0 Å². The molecule has 9 rings (SSSR count). The summed E-state index contributed by atoms with van der Waals surface area (Å²) in [4.78, 5) is 28.4. The number of esters is 2. The average Bonchev–Trinajstić information content (AvgIpc) is 3.83. The van der Waals surface area contributed by atoms with Gasteiger partial charge < -0.3 is 14.8 Å². The predicted octanol–water partition coefficient (Wildman–Crippen LogP) is 6.49. The molecule has 238 valence electrons. The first-order chi connectivity index (χ1) is 21.4. The highest BCUT2D eigenvalue weighted by atomic mass is 16.5. The van der Waals surface area contributed by atoms with Crippen molar-refractivity contribution in [3.8, 4) is 0 Å². The Morgan fingerprint density at radius 3 is 2.45 bits per heavy atom. The van der Waals surface area contributed by atoms with E-state index in [0.29, 0.717) is 17.8 Å². The first kappa shape index (κ1) is 29.2. The highest BCUT2D eigenvalue weighted by Crippen LogP contribution is 2.74. The van der Waals surface area contributed by atoms with Crippen molar-refractivity contribution in [2.24, 2.45) is 45.7 Å². The van der Waals surface area contributed by atoms with E-state index >= 15 is 0 Å². The van der Waals surface area contributed by atoms with Gasteiger partial charge in [-0.25, -0.2) is 9.59 Å². The summed E-state index contributed by atoms with van der Waals surface area (Å²) < 4.78 is 12.7. The number of cyclic esters (lactones) is 2. The summed E-state index contributed by atoms with van der Waals surface area (Å²) in [7, 11) is 0. The van der Waals surface area contributed by atoms with Crippen molar-refractivity contribution in [2.45, 2.75) is 129 Å². The van der Waals surface area contributed by atoms with Crippen LogP contribution < -0.4 is 11.1 Å². The largest absolute Gasteiger partial charge is 0.427 e. The van der Waals surface area contributed by atoms with Gasteiger partial charge >= 0.3 is 11.9 Å². The zero-order chi connectivity index (χ0) is 30.3. The van der Waals surface area contributed by atoms with Gasteiger partial charge in [-0.2, -0.15) is 0 Å². The maximum absolute atomic E-state index is 14.4. The summed E-state index contributed by atoms with van der Waals surface area (Å²) >= 11 is 0. The minimum absolute atomic E-state index is 0.0294. The van der Waals surface area contributed by atoms with E-state index < -0.39 is 5.41 Å². The lowest BCUT2D eigenvalue weighted by molar-refractivity contribution is -0.700. The minimum Gasteiger partial charge on any atom is -0.427 e. The second-order valence-electron chi connectivity index (χ2n) is 15.8. The van der Waals surface area contributed by atoms with Crippen LogP contribution in [0.2, 0.25) is 0 Å². The normalized spacial score (nSPS) is 40.5. The quantitative estimate of drug-likeness (QED) is 0.340. The summed E-state index contributed by atoms with van der Waals surface area (Å²) in [6.07, 6.45) is 23.5. The van der Waals surface area contributed by atoms with Crippen molar-refractivity contribution < 1.29 is 24.4 Å². The molecule has 3 heterocycles. The summed E-state index contributed by atoms with van der Waals surface area (Å²) in [5, 5.41) is 2.30. The van der Waals surface area contributed by atoms with Gasteiger partial charge in [-0.1, -0.05) is 46.0 Å². The summed E-state index contributed by atoms with van der Waals surface area (Å²) in [6, 6.07) is 0. The van der Waals surface area contributed by atoms with E-state index in [1.807, 2.05) is 0 Å². The number of quaternary nitrogens is 1. The lowest BCUT2D eigenvalue weighted by atomic mass is 9.41. The van der Waals surface area contributed by atoms with Gasteiger partial charge in [-0.3, -0.25) is 5.73 Å². The van der Waals surface area contributed by atoms with Crippen LogP contribution in [0.3, 0.4) is 0 Å². The first-order valence-corrected chi connectivity index (χ1v) is 18.3. The third kappa shape index (κ3) is 3.98. The van der Waals surface area contributed by atoms with E-state index in [4.69, 9.17) is 15.2 Å². The molecule has 2 bridgehead atoms. The average molecular weight is 602 g/mol. The second kappa shape index (κ2) is 10.7. The van der Waals surface area contributed by atoms with Gasteiger partial charge in [0.1, 0.15) is 17.7 Å². The topological polar surface area (TPSA) is 95.2 Å². The van der Waals surface area contributed by atoms with E-state index in [1.54, 1.807) is 0 Å². The number of unbranched alkanes of at least 4 members (excludes halogenated alkanes) is 1. The molecule has 9 aliphatic rings. The lowest BCUT2D eigenvalue weighted by Crippen LogP contribution is -2.95. The number of carbonyl (C=O) groups excluding carboxylic acids is 2. The summed E-state index contributed by atoms with van der Waals surface area (Å²) in [5.41, 5.74) is 10.7. The molecule has 5 fully saturated rings. The Morgan fingerprint density at radius 2 is 1.73 bits per heavy atom. The van der Waals surface area contributed by atoms with Crippen molar-refractivity contribution in [1.82, 2.24) is 0 Å². The first-order valence-electron chi connectivity index (χ1n) is 18.3. The Bertz CT molecular complexity index is 1370. The monoisotopic (exact) mass is 601 g/mol. The van der Waals surface area contributed by atoms with Crippen molar-refractivity contribution in [2.75, 3.05) is 6.54 Å². The molecule has 6 heteroatoms. The van der Waals surface area contributed by atoms with E-state index in [9.17, 15) is 9.59 Å². The lowest BCUT2D eigenvalue weighted by Gasteiger charge is -2.60. The molecule has 6 nitrogen and oxygen atoms in total. The molecule has 2 saturated heterocycles. The zero-order valence-electron chi connectivity index (χ0n) is 27.1. The molecule has 0 amide bonds. The molecule has 0 radical (unpaired) electrons. The Kier molecular flexibility index (Phi) is 7.10. The predicted molar refractivity (Wildman–Crippen MR) is 168 cm³/mol. The molecule has 0 aromatic heterocycles. The van der Waals surface area contributed by atoms with Gasteiger partial charge in [0.05, 0.1) is 17.5 Å². The minimum atomic E-state index is -0.537. The van der Waals surface area contributed by atoms with Crippen LogP contribution in [-0.2, 0) is 19.1 Å². The second-order valence-corrected chi connectivity index (χ2v) is 15.8. The van der Waals surface area contributed by atoms with E-state index in [0.717, 1.165) is 99.0 Å². The highest BCUT2D eigenvalue weighted by molar-refractivity contribution is 6.00. The Morgan fingerprint density at radius 1 is 0.955 bits per heavy atom. The van der Waals surface area contributed by atoms with Crippen molar-refractivity contribution in [1.29, 1.82) is 0 Å². The maximum Gasteiger partial charge on any atom is 0.340 e. The fraction of sp³-hybridized carbons (Fsp3) is 0.737. The molecule has 6 aliphatic carbocycles. The summed E-state index contributed by atoms with van der Waals surface area (Å²) in [6.45, 7) is 5.54. The van der Waals surface area contributed by atoms with Crippen LogP contribution in [0.1, 0.15) is 123 Å². The molecular weight excluding hydrogens is 548 g/mol. The fourth-order valence-electron chi connectivity index (χ4n) is 12.2. The van der Waals surface area contributed by atoms with Crippen molar-refractivity contribution in [3.63, 3.8) is 0 Å². The number of hydrogen-bond donors (Lipinski definition) is 2. The van der Waals surface area contributed by atoms with Crippen molar-refractivity contribution >= 4 is 11.9 Å². The third-order valence-corrected chi connectivity index (χ3v) is 14.1. The molecule has 3 aliphatic heterocycles. The standard InChI is InChI=1S/C38H52N2O4/c1-3-5-10-28-38-19-13-25(32(33(38)35(42)44-28)37(17-8-9-18-37)23-14-20-40-29(39)21-23)24-11-12-26-27(43-34(41)30(26)31(24)38)22-36(4-2)15-6-7-16-36/h10,22-25,29,31,40H,3-9,11-21,39H2,1-2H3/p+1. The van der Waals surface area contributed by atoms with Crippen LogP contribution in [-0.4, -0.2) is 24.6 Å². The third-order valence-electron chi connectivity index (χ3n) is 14.1. The fourth-order valence-corrected chi connectivity index (χ4v) is 12.2. The van der Waals surface area contributed by atoms with Crippen molar-refractivity contribution in [3.05, 3.63) is 46.0 Å². The number of piperidine rings is 1. The van der Waals surface area contributed by atoms with Gasteiger partial charge in [0.15, 0.2) is 0 Å². The number of nitrogens with two attached hydrogens (primary N) is 2. The SMILES string of the molecule is CCCC=C1OC(=O)C2=C(C3(C4CC[NH2+]C(N)C4)CCCC3)C3CCC12C1C2=C(CCC31)C(=CC1(CC)CCCC1)OC2=O. The number of fused-ring (bicyclic) bond motifs is 1. The number of allylic oxidation sites excluding steroid dienone is 5. The van der Waals surface area contributed by atoms with Crippen LogP contribution in [0.25, 0.3) is 0 Å². The Hall–Kier alpha value is -2.18. The van der Waals surface area contributed by atoms with Crippen LogP contribution in [0.5, 0.6) is 0 Å². The molecule has 3 saturated carbocycles. The molecule has 4 N–H and O–H groups in total. The van der Waals surface area contributed by atoms with E-state index in [-0.39, 0.29) is 34.9 Å². The number of rotatable bonds is 6. The van der Waals surface area contributed by atoms with E-state index in [2.05, 4.69) is 31.3 Å². The Labute approximate surface area is 263 Å². The summed E-state index contributed by atoms with van der Waals surface area (Å²) in [5.74, 6) is 2.60. The van der Waals surface area contributed by atoms with Crippen LogP contribution in [0, 0.1) is 39.9 Å². The molecule has 44 heavy (non-hydrogen) atoms. The number of hydrogen-bond acceptors (Lipinski definition) is 5. The maximum atomic E-state index is 14.4. The molecule has 0 aromatic carbocycles.